The number of benzene rings is 2. The van der Waals surface area contributed by atoms with E-state index >= 15 is 0 Å². The van der Waals surface area contributed by atoms with Crippen molar-refractivity contribution in [1.82, 2.24) is 4.90 Å². The topological polar surface area (TPSA) is 116 Å². The highest BCUT2D eigenvalue weighted by atomic mass is 16.6. The minimum absolute atomic E-state index is 0.0151. The SMILES string of the molecule is CCOC(=O)C1=CN(C(=O)c2cccc([N+](=O)[O-])c2)C=C(C(=O)OCC)C1c1ccccc1. The van der Waals surface area contributed by atoms with Gasteiger partial charge < -0.3 is 9.47 Å². The molecule has 170 valence electrons. The molecule has 0 aromatic heterocycles. The molecule has 1 heterocycles. The van der Waals surface area contributed by atoms with Gasteiger partial charge in [-0.25, -0.2) is 9.59 Å². The Balaban J connectivity index is 2.14. The molecule has 0 N–H and O–H groups in total. The second-order valence-corrected chi connectivity index (χ2v) is 6.97. The second kappa shape index (κ2) is 10.4. The molecule has 1 amide bonds. The van der Waals surface area contributed by atoms with Gasteiger partial charge >= 0.3 is 11.9 Å². The number of nitrogens with zero attached hydrogens (tertiary/aromatic N) is 2. The minimum atomic E-state index is -0.821. The van der Waals surface area contributed by atoms with Gasteiger partial charge in [0.15, 0.2) is 0 Å². The number of ether oxygens (including phenoxy) is 2. The van der Waals surface area contributed by atoms with E-state index in [0.717, 1.165) is 11.0 Å². The van der Waals surface area contributed by atoms with Crippen molar-refractivity contribution in [3.05, 3.63) is 99.4 Å². The Morgan fingerprint density at radius 2 is 1.48 bits per heavy atom. The Hall–Kier alpha value is -4.27. The summed E-state index contributed by atoms with van der Waals surface area (Å²) in [4.78, 5) is 50.4. The molecular formula is C24H22N2O7. The predicted octanol–water partition coefficient (Wildman–Crippen LogP) is 3.73. The van der Waals surface area contributed by atoms with Gasteiger partial charge in [-0.3, -0.25) is 19.8 Å². The first kappa shape index (κ1) is 23.4. The summed E-state index contributed by atoms with van der Waals surface area (Å²) >= 11 is 0. The first-order valence-corrected chi connectivity index (χ1v) is 10.3. The lowest BCUT2D eigenvalue weighted by Gasteiger charge is -2.29. The molecule has 33 heavy (non-hydrogen) atoms. The Labute approximate surface area is 190 Å². The van der Waals surface area contributed by atoms with Crippen molar-refractivity contribution in [2.75, 3.05) is 13.2 Å². The highest BCUT2D eigenvalue weighted by Crippen LogP contribution is 2.37. The van der Waals surface area contributed by atoms with Crippen LogP contribution in [0.4, 0.5) is 5.69 Å². The summed E-state index contributed by atoms with van der Waals surface area (Å²) in [6.07, 6.45) is 2.58. The van der Waals surface area contributed by atoms with Crippen LogP contribution in [-0.4, -0.2) is 40.9 Å². The van der Waals surface area contributed by atoms with Crippen LogP contribution >= 0.6 is 0 Å². The second-order valence-electron chi connectivity index (χ2n) is 6.97. The number of esters is 2. The highest BCUT2D eigenvalue weighted by Gasteiger charge is 2.37. The van der Waals surface area contributed by atoms with E-state index in [1.54, 1.807) is 44.2 Å². The van der Waals surface area contributed by atoms with Crippen LogP contribution < -0.4 is 0 Å². The predicted molar refractivity (Wildman–Crippen MR) is 118 cm³/mol. The maximum atomic E-state index is 13.2. The van der Waals surface area contributed by atoms with Crippen LogP contribution in [0, 0.1) is 10.1 Å². The number of nitro groups is 1. The van der Waals surface area contributed by atoms with Crippen LogP contribution in [-0.2, 0) is 19.1 Å². The van der Waals surface area contributed by atoms with Crippen molar-refractivity contribution in [3.63, 3.8) is 0 Å². The summed E-state index contributed by atoms with van der Waals surface area (Å²) in [6.45, 7) is 3.48. The van der Waals surface area contributed by atoms with Gasteiger partial charge in [0.2, 0.25) is 0 Å². The molecule has 2 aromatic carbocycles. The number of non-ortho nitro benzene ring substituents is 1. The Kier molecular flexibility index (Phi) is 7.34. The normalized spacial score (nSPS) is 13.6. The number of hydrogen-bond acceptors (Lipinski definition) is 7. The summed E-state index contributed by atoms with van der Waals surface area (Å²) in [5.74, 6) is -2.87. The van der Waals surface area contributed by atoms with E-state index in [0.29, 0.717) is 5.56 Å². The Morgan fingerprint density at radius 3 is 2.00 bits per heavy atom. The van der Waals surface area contributed by atoms with Crippen molar-refractivity contribution >= 4 is 23.5 Å². The van der Waals surface area contributed by atoms with E-state index in [1.807, 2.05) is 0 Å². The lowest BCUT2D eigenvalue weighted by atomic mass is 9.83. The number of nitro benzene ring substituents is 1. The molecule has 1 aliphatic rings. The molecule has 1 aliphatic heterocycles. The molecule has 2 aromatic rings. The molecule has 9 nitrogen and oxygen atoms in total. The largest absolute Gasteiger partial charge is 0.463 e. The van der Waals surface area contributed by atoms with Gasteiger partial charge in [0.1, 0.15) is 0 Å². The fourth-order valence-electron chi connectivity index (χ4n) is 3.45. The van der Waals surface area contributed by atoms with Crippen LogP contribution in [0.1, 0.15) is 35.7 Å². The fraction of sp³-hybridized carbons (Fsp3) is 0.208. The van der Waals surface area contributed by atoms with Crippen molar-refractivity contribution in [2.24, 2.45) is 0 Å². The molecule has 3 rings (SSSR count). The third-order valence-electron chi connectivity index (χ3n) is 4.87. The third kappa shape index (κ3) is 5.15. The average molecular weight is 450 g/mol. The maximum absolute atomic E-state index is 13.2. The van der Waals surface area contributed by atoms with Crippen molar-refractivity contribution < 1.29 is 28.8 Å². The van der Waals surface area contributed by atoms with E-state index in [9.17, 15) is 24.5 Å². The highest BCUT2D eigenvalue weighted by molar-refractivity contribution is 6.02. The maximum Gasteiger partial charge on any atom is 0.336 e. The van der Waals surface area contributed by atoms with E-state index < -0.39 is 28.7 Å². The lowest BCUT2D eigenvalue weighted by Crippen LogP contribution is -2.32. The average Bonchev–Trinajstić information content (AvgIpc) is 2.83. The summed E-state index contributed by atoms with van der Waals surface area (Å²) in [5.41, 5.74) is 0.517. The van der Waals surface area contributed by atoms with Gasteiger partial charge in [-0.15, -0.1) is 0 Å². The van der Waals surface area contributed by atoms with Crippen molar-refractivity contribution in [1.29, 1.82) is 0 Å². The summed E-state index contributed by atoms with van der Waals surface area (Å²) < 4.78 is 10.4. The van der Waals surface area contributed by atoms with E-state index in [2.05, 4.69) is 0 Å². The van der Waals surface area contributed by atoms with Gasteiger partial charge in [-0.1, -0.05) is 36.4 Å². The number of carbonyl (C=O) groups excluding carboxylic acids is 3. The molecule has 0 saturated carbocycles. The minimum Gasteiger partial charge on any atom is -0.463 e. The lowest BCUT2D eigenvalue weighted by molar-refractivity contribution is -0.384. The molecule has 0 radical (unpaired) electrons. The van der Waals surface area contributed by atoms with E-state index in [-0.39, 0.29) is 35.6 Å². The van der Waals surface area contributed by atoms with Gasteiger partial charge in [0.05, 0.1) is 35.2 Å². The third-order valence-corrected chi connectivity index (χ3v) is 4.87. The number of carbonyl (C=O) groups is 3. The summed E-state index contributed by atoms with van der Waals surface area (Å²) in [6, 6.07) is 14.0. The van der Waals surface area contributed by atoms with Crippen LogP contribution in [0.25, 0.3) is 0 Å². The first-order chi connectivity index (χ1) is 15.9. The molecule has 0 atom stereocenters. The van der Waals surface area contributed by atoms with E-state index in [1.165, 1.54) is 30.6 Å². The molecule has 0 bridgehead atoms. The Bertz CT molecular complexity index is 1100. The number of amides is 1. The van der Waals surface area contributed by atoms with Gasteiger partial charge in [-0.05, 0) is 25.5 Å². The number of rotatable bonds is 7. The van der Waals surface area contributed by atoms with Crippen LogP contribution in [0.3, 0.4) is 0 Å². The Morgan fingerprint density at radius 1 is 0.909 bits per heavy atom. The first-order valence-electron chi connectivity index (χ1n) is 10.3. The zero-order valence-corrected chi connectivity index (χ0v) is 18.1. The van der Waals surface area contributed by atoms with Gasteiger partial charge in [0.25, 0.3) is 11.6 Å². The molecule has 9 heteroatoms. The number of hydrogen-bond donors (Lipinski definition) is 0. The molecule has 0 spiro atoms. The smallest absolute Gasteiger partial charge is 0.336 e. The molecule has 0 unspecified atom stereocenters. The van der Waals surface area contributed by atoms with Crippen molar-refractivity contribution in [2.45, 2.75) is 19.8 Å². The standard InChI is InChI=1S/C24H22N2O7/c1-3-32-23(28)19-14-25(22(27)17-11-8-12-18(13-17)26(30)31)15-20(24(29)33-4-2)21(19)16-9-6-5-7-10-16/h5-15,21H,3-4H2,1-2H3. The van der Waals surface area contributed by atoms with Crippen LogP contribution in [0.15, 0.2) is 78.1 Å². The van der Waals surface area contributed by atoms with E-state index in [4.69, 9.17) is 9.47 Å². The molecule has 0 fully saturated rings. The van der Waals surface area contributed by atoms with Crippen LogP contribution in [0.5, 0.6) is 0 Å². The fourth-order valence-corrected chi connectivity index (χ4v) is 3.45. The monoisotopic (exact) mass is 450 g/mol. The summed E-state index contributed by atoms with van der Waals surface area (Å²) in [7, 11) is 0. The summed E-state index contributed by atoms with van der Waals surface area (Å²) in [5, 5.41) is 11.1. The molecule has 0 saturated heterocycles. The zero-order valence-electron chi connectivity index (χ0n) is 18.1. The quantitative estimate of drug-likeness (QED) is 0.358. The zero-order chi connectivity index (χ0) is 24.0. The van der Waals surface area contributed by atoms with Gasteiger partial charge in [0, 0.05) is 30.1 Å². The van der Waals surface area contributed by atoms with Crippen LogP contribution in [0.2, 0.25) is 0 Å². The van der Waals surface area contributed by atoms with Crippen molar-refractivity contribution in [3.8, 4) is 0 Å². The molecule has 0 aliphatic carbocycles. The molecular weight excluding hydrogens is 428 g/mol. The van der Waals surface area contributed by atoms with Gasteiger partial charge in [-0.2, -0.15) is 0 Å².